The van der Waals surface area contributed by atoms with Crippen LogP contribution in [-0.4, -0.2) is 39.1 Å². The summed E-state index contributed by atoms with van der Waals surface area (Å²) in [6, 6.07) is 23.9. The highest BCUT2D eigenvalue weighted by atomic mass is 16.5. The number of piperidine rings is 1. The number of phenols is 1. The van der Waals surface area contributed by atoms with Crippen molar-refractivity contribution >= 4 is 5.91 Å². The molecule has 3 N–H and O–H groups in total. The number of hydrogen-bond acceptors (Lipinski definition) is 5. The number of amides is 1. The van der Waals surface area contributed by atoms with Crippen molar-refractivity contribution in [2.45, 2.75) is 58.2 Å². The van der Waals surface area contributed by atoms with Crippen LogP contribution >= 0.6 is 0 Å². The van der Waals surface area contributed by atoms with Crippen LogP contribution in [0.3, 0.4) is 0 Å². The third-order valence-corrected chi connectivity index (χ3v) is 7.84. The van der Waals surface area contributed by atoms with Crippen LogP contribution in [0.15, 0.2) is 72.8 Å². The lowest BCUT2D eigenvalue weighted by Gasteiger charge is -2.36. The van der Waals surface area contributed by atoms with E-state index >= 15 is 0 Å². The Bertz CT molecular complexity index is 1450. The van der Waals surface area contributed by atoms with Gasteiger partial charge in [0.25, 0.3) is 5.91 Å². The number of imidazole rings is 1. The van der Waals surface area contributed by atoms with E-state index in [1.54, 1.807) is 19.2 Å². The number of benzene rings is 3. The van der Waals surface area contributed by atoms with E-state index in [1.165, 1.54) is 5.69 Å². The first-order chi connectivity index (χ1) is 19.5. The average Bonchev–Trinajstić information content (AvgIpc) is 3.34. The molecule has 5 rings (SSSR count). The molecule has 4 aromatic rings. The summed E-state index contributed by atoms with van der Waals surface area (Å²) in [6.45, 7) is 4.75. The van der Waals surface area contributed by atoms with Gasteiger partial charge in [0.1, 0.15) is 17.3 Å². The van der Waals surface area contributed by atoms with Gasteiger partial charge in [-0.15, -0.1) is 0 Å². The Kier molecular flexibility index (Phi) is 8.51. The predicted octanol–water partition coefficient (Wildman–Crippen LogP) is 6.56. The SMILES string of the molecule is CCCCn1c(-c2ccccc2)nc(-c2ccc(OC)cc2)c1CN1CCCCC1c1ccc(C(N)=O)c(O)c1. The summed E-state index contributed by atoms with van der Waals surface area (Å²) in [4.78, 5) is 19.5. The van der Waals surface area contributed by atoms with Gasteiger partial charge in [-0.2, -0.15) is 0 Å². The number of aromatic hydroxyl groups is 1. The number of carbonyl (C=O) groups excluding carboxylic acids is 1. The van der Waals surface area contributed by atoms with Gasteiger partial charge in [-0.25, -0.2) is 4.98 Å². The number of primary amides is 1. The monoisotopic (exact) mass is 538 g/mol. The summed E-state index contributed by atoms with van der Waals surface area (Å²) in [7, 11) is 1.68. The number of hydrogen-bond donors (Lipinski definition) is 2. The fourth-order valence-electron chi connectivity index (χ4n) is 5.71. The molecule has 1 fully saturated rings. The molecule has 1 saturated heterocycles. The molecule has 0 spiro atoms. The summed E-state index contributed by atoms with van der Waals surface area (Å²) < 4.78 is 7.82. The molecule has 1 aliphatic heterocycles. The molecule has 208 valence electrons. The van der Waals surface area contributed by atoms with Crippen LogP contribution in [0.25, 0.3) is 22.6 Å². The third-order valence-electron chi connectivity index (χ3n) is 7.84. The number of rotatable bonds is 10. The molecule has 7 nitrogen and oxygen atoms in total. The number of methoxy groups -OCH3 is 1. The largest absolute Gasteiger partial charge is 0.507 e. The van der Waals surface area contributed by atoms with Crippen molar-refractivity contribution in [1.82, 2.24) is 14.5 Å². The van der Waals surface area contributed by atoms with Crippen LogP contribution in [0.5, 0.6) is 11.5 Å². The highest BCUT2D eigenvalue weighted by molar-refractivity contribution is 5.95. The number of nitrogens with zero attached hydrogens (tertiary/aromatic N) is 3. The van der Waals surface area contributed by atoms with Gasteiger partial charge in [-0.3, -0.25) is 9.69 Å². The first-order valence-electron chi connectivity index (χ1n) is 14.2. The van der Waals surface area contributed by atoms with Gasteiger partial charge in [0, 0.05) is 30.3 Å². The second-order valence-electron chi connectivity index (χ2n) is 10.5. The highest BCUT2D eigenvalue weighted by Gasteiger charge is 2.29. The molecule has 40 heavy (non-hydrogen) atoms. The van der Waals surface area contributed by atoms with Crippen LogP contribution in [0.4, 0.5) is 0 Å². The molecule has 1 aliphatic rings. The number of aromatic nitrogens is 2. The zero-order valence-electron chi connectivity index (χ0n) is 23.3. The second-order valence-corrected chi connectivity index (χ2v) is 10.5. The second kappa shape index (κ2) is 12.4. The van der Waals surface area contributed by atoms with Gasteiger partial charge in [0.2, 0.25) is 0 Å². The Hall–Kier alpha value is -4.10. The van der Waals surface area contributed by atoms with Gasteiger partial charge >= 0.3 is 0 Å². The Morgan fingerprint density at radius 1 is 1.05 bits per heavy atom. The van der Waals surface area contributed by atoms with Crippen molar-refractivity contribution < 1.29 is 14.6 Å². The normalized spacial score (nSPS) is 15.7. The van der Waals surface area contributed by atoms with Crippen LogP contribution < -0.4 is 10.5 Å². The Morgan fingerprint density at radius 2 is 1.82 bits per heavy atom. The molecule has 1 unspecified atom stereocenters. The lowest BCUT2D eigenvalue weighted by molar-refractivity contribution is 0.0997. The standard InChI is InChI=1S/C33H38N4O3/c1-3-4-20-37-29(22-36-19-9-8-12-28(36)25-15-18-27(32(34)39)30(38)21-25)31(23-13-16-26(40-2)17-14-23)35-33(37)24-10-6-5-7-11-24/h5-7,10-11,13-18,21,28,38H,3-4,8-9,12,19-20,22H2,1-2H3,(H2,34,39). The number of likely N-dealkylation sites (tertiary alicyclic amines) is 1. The molecule has 0 bridgehead atoms. The van der Waals surface area contributed by atoms with E-state index in [0.717, 1.165) is 79.2 Å². The number of ether oxygens (including phenoxy) is 1. The molecular weight excluding hydrogens is 500 g/mol. The summed E-state index contributed by atoms with van der Waals surface area (Å²) >= 11 is 0. The van der Waals surface area contributed by atoms with Crippen LogP contribution in [0.1, 0.15) is 66.7 Å². The van der Waals surface area contributed by atoms with Crippen LogP contribution in [0, 0.1) is 0 Å². The zero-order chi connectivity index (χ0) is 28.1. The van der Waals surface area contributed by atoms with E-state index in [-0.39, 0.29) is 17.4 Å². The topological polar surface area (TPSA) is 93.6 Å². The predicted molar refractivity (Wildman–Crippen MR) is 158 cm³/mol. The average molecular weight is 539 g/mol. The molecule has 7 heteroatoms. The number of carbonyl (C=O) groups is 1. The molecule has 1 amide bonds. The third kappa shape index (κ3) is 5.75. The molecule has 0 radical (unpaired) electrons. The molecular formula is C33H38N4O3. The Balaban J connectivity index is 1.60. The molecule has 2 heterocycles. The van der Waals surface area contributed by atoms with Crippen molar-refractivity contribution in [3.8, 4) is 34.1 Å². The molecule has 1 atom stereocenters. The Morgan fingerprint density at radius 3 is 2.50 bits per heavy atom. The molecule has 3 aromatic carbocycles. The van der Waals surface area contributed by atoms with E-state index < -0.39 is 5.91 Å². The lowest BCUT2D eigenvalue weighted by atomic mass is 9.93. The van der Waals surface area contributed by atoms with Crippen LogP contribution in [0.2, 0.25) is 0 Å². The van der Waals surface area contributed by atoms with Crippen molar-refractivity contribution in [2.75, 3.05) is 13.7 Å². The van der Waals surface area contributed by atoms with E-state index in [9.17, 15) is 9.90 Å². The quantitative estimate of drug-likeness (QED) is 0.239. The molecule has 0 aliphatic carbocycles. The van der Waals surface area contributed by atoms with E-state index in [4.69, 9.17) is 15.5 Å². The van der Waals surface area contributed by atoms with E-state index in [0.29, 0.717) is 6.54 Å². The first kappa shape index (κ1) is 27.5. The summed E-state index contributed by atoms with van der Waals surface area (Å²) in [5, 5.41) is 10.5. The van der Waals surface area contributed by atoms with Gasteiger partial charge < -0.3 is 20.1 Å². The fourth-order valence-corrected chi connectivity index (χ4v) is 5.71. The minimum atomic E-state index is -0.623. The number of nitrogens with two attached hydrogens (primary N) is 1. The van der Waals surface area contributed by atoms with Gasteiger partial charge in [0.05, 0.1) is 24.1 Å². The lowest BCUT2D eigenvalue weighted by Crippen LogP contribution is -2.34. The van der Waals surface area contributed by atoms with Crippen molar-refractivity contribution in [3.63, 3.8) is 0 Å². The van der Waals surface area contributed by atoms with E-state index in [2.05, 4.69) is 52.8 Å². The Labute approximate surface area is 236 Å². The maximum Gasteiger partial charge on any atom is 0.252 e. The maximum absolute atomic E-state index is 11.7. The molecule has 0 saturated carbocycles. The minimum absolute atomic E-state index is 0.0613. The van der Waals surface area contributed by atoms with Crippen molar-refractivity contribution in [3.05, 3.63) is 89.6 Å². The van der Waals surface area contributed by atoms with Gasteiger partial charge in [-0.1, -0.05) is 56.2 Å². The van der Waals surface area contributed by atoms with Crippen LogP contribution in [-0.2, 0) is 13.1 Å². The first-order valence-corrected chi connectivity index (χ1v) is 14.2. The summed E-state index contributed by atoms with van der Waals surface area (Å²) in [5.41, 5.74) is 10.9. The smallest absolute Gasteiger partial charge is 0.252 e. The maximum atomic E-state index is 11.7. The van der Waals surface area contributed by atoms with Crippen molar-refractivity contribution in [2.24, 2.45) is 5.73 Å². The number of unbranched alkanes of at least 4 members (excludes halogenated alkanes) is 1. The zero-order valence-corrected chi connectivity index (χ0v) is 23.3. The van der Waals surface area contributed by atoms with Crippen molar-refractivity contribution in [1.29, 1.82) is 0 Å². The van der Waals surface area contributed by atoms with Gasteiger partial charge in [0.15, 0.2) is 0 Å². The highest BCUT2D eigenvalue weighted by Crippen LogP contribution is 2.37. The summed E-state index contributed by atoms with van der Waals surface area (Å²) in [6.07, 6.45) is 5.32. The summed E-state index contributed by atoms with van der Waals surface area (Å²) in [5.74, 6) is 1.11. The minimum Gasteiger partial charge on any atom is -0.507 e. The van der Waals surface area contributed by atoms with Gasteiger partial charge in [-0.05, 0) is 67.8 Å². The fraction of sp³-hybridized carbons (Fsp3) is 0.333. The van der Waals surface area contributed by atoms with E-state index in [1.807, 2.05) is 24.3 Å². The molecule has 1 aromatic heterocycles.